The molecule has 1 aliphatic heterocycles. The molecule has 4 N–H and O–H groups in total. The van der Waals surface area contributed by atoms with Crippen molar-refractivity contribution in [3.63, 3.8) is 0 Å². The summed E-state index contributed by atoms with van der Waals surface area (Å²) in [6, 6.07) is 0.310. The van der Waals surface area contributed by atoms with Gasteiger partial charge in [-0.05, 0) is 44.2 Å². The average Bonchev–Trinajstić information content (AvgIpc) is 3.09. The van der Waals surface area contributed by atoms with Gasteiger partial charge in [0.15, 0.2) is 0 Å². The number of hydrogen-bond acceptors (Lipinski definition) is 6. The van der Waals surface area contributed by atoms with Crippen LogP contribution in [0.15, 0.2) is 0 Å². The van der Waals surface area contributed by atoms with Gasteiger partial charge in [-0.25, -0.2) is 9.97 Å². The maximum absolute atomic E-state index is 6.09. The van der Waals surface area contributed by atoms with Crippen molar-refractivity contribution >= 4 is 27.5 Å². The highest BCUT2D eigenvalue weighted by molar-refractivity contribution is 7.19. The highest BCUT2D eigenvalue weighted by atomic mass is 32.1. The Hall–Kier alpha value is -1.24. The summed E-state index contributed by atoms with van der Waals surface area (Å²) in [7, 11) is 0. The molecule has 2 aliphatic rings. The summed E-state index contributed by atoms with van der Waals surface area (Å²) in [5, 5.41) is 0. The molecule has 130 valence electrons. The predicted octanol–water partition coefficient (Wildman–Crippen LogP) is 2.46. The van der Waals surface area contributed by atoms with Crippen LogP contribution >= 0.6 is 11.3 Å². The fourth-order valence-corrected chi connectivity index (χ4v) is 5.73. The van der Waals surface area contributed by atoms with Crippen LogP contribution in [0, 0.1) is 0 Å². The molecule has 0 amide bonds. The molecule has 4 rings (SSSR count). The summed E-state index contributed by atoms with van der Waals surface area (Å²) in [4.78, 5) is 13.3. The number of aryl methyl sites for hydroxylation is 2. The van der Waals surface area contributed by atoms with Crippen LogP contribution in [0.1, 0.15) is 49.2 Å². The van der Waals surface area contributed by atoms with E-state index in [0.29, 0.717) is 12.0 Å². The third-order valence-corrected chi connectivity index (χ3v) is 6.67. The van der Waals surface area contributed by atoms with Crippen molar-refractivity contribution in [2.45, 2.75) is 57.4 Å². The molecule has 1 saturated heterocycles. The van der Waals surface area contributed by atoms with Crippen LogP contribution in [-0.2, 0) is 18.3 Å². The van der Waals surface area contributed by atoms with Crippen LogP contribution in [0.3, 0.4) is 0 Å². The van der Waals surface area contributed by atoms with E-state index < -0.39 is 0 Å². The van der Waals surface area contributed by atoms with E-state index >= 15 is 0 Å². The molecule has 1 atom stereocenters. The number of hydrogen-bond donors (Lipinski definition) is 2. The minimum absolute atomic E-state index is 0.0627. The van der Waals surface area contributed by atoms with Crippen LogP contribution in [0.5, 0.6) is 0 Å². The van der Waals surface area contributed by atoms with E-state index in [2.05, 4.69) is 23.7 Å². The van der Waals surface area contributed by atoms with Crippen molar-refractivity contribution < 1.29 is 0 Å². The molecule has 0 aromatic carbocycles. The molecule has 0 spiro atoms. The fourth-order valence-electron chi connectivity index (χ4n) is 4.23. The smallest absolute Gasteiger partial charge is 0.220 e. The summed E-state index contributed by atoms with van der Waals surface area (Å²) in [6.07, 6.45) is 5.94. The Labute approximate surface area is 147 Å². The number of likely N-dealkylation sites (tertiary alicyclic amines) is 1. The Morgan fingerprint density at radius 3 is 2.79 bits per heavy atom. The van der Waals surface area contributed by atoms with E-state index in [-0.39, 0.29) is 5.41 Å². The van der Waals surface area contributed by atoms with Crippen molar-refractivity contribution in [3.8, 4) is 0 Å². The molecule has 5 nitrogen and oxygen atoms in total. The average molecular weight is 346 g/mol. The van der Waals surface area contributed by atoms with Crippen molar-refractivity contribution in [1.29, 1.82) is 0 Å². The first-order valence-corrected chi connectivity index (χ1v) is 9.82. The minimum atomic E-state index is -0.0627. The van der Waals surface area contributed by atoms with Gasteiger partial charge in [-0.3, -0.25) is 0 Å². The molecule has 1 aliphatic carbocycles. The molecule has 0 unspecified atom stereocenters. The molecule has 0 bridgehead atoms. The van der Waals surface area contributed by atoms with Crippen LogP contribution in [0.2, 0.25) is 0 Å². The van der Waals surface area contributed by atoms with Gasteiger partial charge in [-0.15, -0.1) is 11.3 Å². The molecule has 24 heavy (non-hydrogen) atoms. The first kappa shape index (κ1) is 16.2. The lowest BCUT2D eigenvalue weighted by atomic mass is 9.87. The summed E-state index contributed by atoms with van der Waals surface area (Å²) in [6.45, 7) is 7.58. The maximum Gasteiger partial charge on any atom is 0.220 e. The van der Waals surface area contributed by atoms with Crippen LogP contribution in [0.4, 0.5) is 5.95 Å². The normalized spacial score (nSPS) is 22.2. The van der Waals surface area contributed by atoms with Crippen molar-refractivity contribution in [1.82, 2.24) is 14.9 Å². The van der Waals surface area contributed by atoms with E-state index in [0.717, 1.165) is 43.7 Å². The number of thiophene rings is 1. The molecule has 2 aromatic heterocycles. The van der Waals surface area contributed by atoms with Gasteiger partial charge in [-0.2, -0.15) is 0 Å². The molecular formula is C18H27N5S. The van der Waals surface area contributed by atoms with E-state index in [1.165, 1.54) is 34.4 Å². The van der Waals surface area contributed by atoms with E-state index in [4.69, 9.17) is 16.5 Å². The van der Waals surface area contributed by atoms with Gasteiger partial charge in [0, 0.05) is 29.4 Å². The Morgan fingerprint density at radius 1 is 1.25 bits per heavy atom. The van der Waals surface area contributed by atoms with Crippen LogP contribution in [-0.4, -0.2) is 40.5 Å². The molecule has 0 radical (unpaired) electrons. The summed E-state index contributed by atoms with van der Waals surface area (Å²) >= 11 is 1.90. The van der Waals surface area contributed by atoms with E-state index in [1.54, 1.807) is 0 Å². The number of nitrogens with two attached hydrogens (primary N) is 2. The molecule has 2 aromatic rings. The largest absolute Gasteiger partial charge is 0.368 e. The first-order valence-electron chi connectivity index (χ1n) is 9.00. The van der Waals surface area contributed by atoms with Gasteiger partial charge >= 0.3 is 0 Å². The number of nitrogen functional groups attached to an aromatic ring is 1. The summed E-state index contributed by atoms with van der Waals surface area (Å²) < 4.78 is 1.25. The highest BCUT2D eigenvalue weighted by Gasteiger charge is 2.32. The second kappa shape index (κ2) is 5.93. The van der Waals surface area contributed by atoms with Gasteiger partial charge < -0.3 is 16.4 Å². The SMILES string of the molecule is CC(C)(CN1CC[C@@H](N)C1)c1nc(N)nc2c3c(sc12)CCCC3. The molecular weight excluding hydrogens is 318 g/mol. The van der Waals surface area contributed by atoms with Gasteiger partial charge in [0.1, 0.15) is 0 Å². The lowest BCUT2D eigenvalue weighted by Gasteiger charge is -2.30. The zero-order valence-electron chi connectivity index (χ0n) is 14.6. The van der Waals surface area contributed by atoms with Crippen molar-refractivity contribution in [3.05, 3.63) is 16.1 Å². The second-order valence-corrected chi connectivity index (χ2v) is 9.09. The van der Waals surface area contributed by atoms with Gasteiger partial charge in [-0.1, -0.05) is 13.8 Å². The summed E-state index contributed by atoms with van der Waals surface area (Å²) in [5.41, 5.74) is 15.8. The standard InChI is InChI=1S/C18H27N5S/c1-18(2,10-23-8-7-11(19)9-23)16-15-14(21-17(20)22-16)12-5-3-4-6-13(12)24-15/h11H,3-10,19H2,1-2H3,(H2,20,21,22)/t11-/m1/s1. The highest BCUT2D eigenvalue weighted by Crippen LogP contribution is 2.40. The van der Waals surface area contributed by atoms with Crippen molar-refractivity contribution in [2.24, 2.45) is 5.73 Å². The number of aromatic nitrogens is 2. The Morgan fingerprint density at radius 2 is 2.04 bits per heavy atom. The quantitative estimate of drug-likeness (QED) is 0.893. The maximum atomic E-state index is 6.09. The molecule has 1 fully saturated rings. The third-order valence-electron chi connectivity index (χ3n) is 5.38. The van der Waals surface area contributed by atoms with Gasteiger partial charge in [0.25, 0.3) is 0 Å². The third kappa shape index (κ3) is 2.80. The van der Waals surface area contributed by atoms with Crippen molar-refractivity contribution in [2.75, 3.05) is 25.4 Å². The van der Waals surface area contributed by atoms with Gasteiger partial charge in [0.05, 0.1) is 15.9 Å². The predicted molar refractivity (Wildman–Crippen MR) is 101 cm³/mol. The van der Waals surface area contributed by atoms with Gasteiger partial charge in [0.2, 0.25) is 5.95 Å². The Bertz CT molecular complexity index is 766. The zero-order valence-corrected chi connectivity index (χ0v) is 15.5. The number of rotatable bonds is 3. The Kier molecular flexibility index (Phi) is 4.01. The Balaban J connectivity index is 1.76. The fraction of sp³-hybridized carbons (Fsp3) is 0.667. The summed E-state index contributed by atoms with van der Waals surface area (Å²) in [5.74, 6) is 0.412. The topological polar surface area (TPSA) is 81.1 Å². The zero-order chi connectivity index (χ0) is 16.9. The lowest BCUT2D eigenvalue weighted by molar-refractivity contribution is 0.264. The lowest BCUT2D eigenvalue weighted by Crippen LogP contribution is -2.37. The number of fused-ring (bicyclic) bond motifs is 3. The van der Waals surface area contributed by atoms with E-state index in [1.807, 2.05) is 11.3 Å². The second-order valence-electron chi connectivity index (χ2n) is 7.99. The van der Waals surface area contributed by atoms with E-state index in [9.17, 15) is 0 Å². The van der Waals surface area contributed by atoms with Crippen LogP contribution < -0.4 is 11.5 Å². The minimum Gasteiger partial charge on any atom is -0.368 e. The first-order chi connectivity index (χ1) is 11.4. The number of nitrogens with zero attached hydrogens (tertiary/aromatic N) is 3. The number of anilines is 1. The molecule has 6 heteroatoms. The monoisotopic (exact) mass is 345 g/mol. The van der Waals surface area contributed by atoms with Crippen LogP contribution in [0.25, 0.3) is 10.2 Å². The molecule has 3 heterocycles. The molecule has 0 saturated carbocycles.